The van der Waals surface area contributed by atoms with Gasteiger partial charge in [-0.3, -0.25) is 9.59 Å². The van der Waals surface area contributed by atoms with E-state index in [2.05, 4.69) is 10.6 Å². The van der Waals surface area contributed by atoms with Crippen molar-refractivity contribution in [1.82, 2.24) is 10.6 Å². The fourth-order valence-electron chi connectivity index (χ4n) is 4.55. The maximum atomic E-state index is 13.1. The van der Waals surface area contributed by atoms with Crippen LogP contribution in [0.3, 0.4) is 0 Å². The Labute approximate surface area is 195 Å². The summed E-state index contributed by atoms with van der Waals surface area (Å²) in [5, 5.41) is 6.38. The summed E-state index contributed by atoms with van der Waals surface area (Å²) in [5.41, 5.74) is 2.79. The molecule has 0 bridgehead atoms. The second-order valence-electron chi connectivity index (χ2n) is 8.68. The van der Waals surface area contributed by atoms with E-state index in [1.165, 1.54) is 0 Å². The van der Waals surface area contributed by atoms with Gasteiger partial charge in [0.2, 0.25) is 11.8 Å². The van der Waals surface area contributed by atoms with Crippen LogP contribution in [0.2, 0.25) is 0 Å². The molecule has 1 fully saturated rings. The SMILES string of the molecule is COc1ccc(C[C@@]2(CCC(=O)NC(c3ccccc3)c3ccccc3)CCC(=O)N2)cc1. The van der Waals surface area contributed by atoms with Gasteiger partial charge in [-0.05, 0) is 48.1 Å². The van der Waals surface area contributed by atoms with Gasteiger partial charge in [0.25, 0.3) is 0 Å². The first-order chi connectivity index (χ1) is 16.1. The smallest absolute Gasteiger partial charge is 0.220 e. The molecule has 2 amide bonds. The van der Waals surface area contributed by atoms with Crippen LogP contribution in [0.4, 0.5) is 0 Å². The second kappa shape index (κ2) is 10.3. The molecule has 0 aliphatic carbocycles. The van der Waals surface area contributed by atoms with Crippen LogP contribution in [-0.4, -0.2) is 24.5 Å². The molecule has 3 aromatic carbocycles. The average Bonchev–Trinajstić information content (AvgIpc) is 3.23. The van der Waals surface area contributed by atoms with Crippen molar-refractivity contribution in [2.45, 2.75) is 43.7 Å². The monoisotopic (exact) mass is 442 g/mol. The van der Waals surface area contributed by atoms with E-state index < -0.39 is 5.54 Å². The van der Waals surface area contributed by atoms with Gasteiger partial charge in [-0.1, -0.05) is 72.8 Å². The Morgan fingerprint density at radius 3 is 2.09 bits per heavy atom. The van der Waals surface area contributed by atoms with Crippen LogP contribution in [0.1, 0.15) is 48.4 Å². The predicted molar refractivity (Wildman–Crippen MR) is 129 cm³/mol. The molecule has 1 aliphatic heterocycles. The molecule has 0 unspecified atom stereocenters. The van der Waals surface area contributed by atoms with Crippen LogP contribution >= 0.6 is 0 Å². The molecule has 0 saturated carbocycles. The lowest BCUT2D eigenvalue weighted by Gasteiger charge is -2.30. The molecule has 5 heteroatoms. The number of ether oxygens (including phenoxy) is 1. The lowest BCUT2D eigenvalue weighted by atomic mass is 9.85. The number of nitrogens with one attached hydrogen (secondary N) is 2. The maximum absolute atomic E-state index is 13.1. The zero-order valence-electron chi connectivity index (χ0n) is 18.9. The van der Waals surface area contributed by atoms with Gasteiger partial charge in [0, 0.05) is 18.4 Å². The van der Waals surface area contributed by atoms with Gasteiger partial charge in [-0.2, -0.15) is 0 Å². The number of methoxy groups -OCH3 is 1. The molecular weight excluding hydrogens is 412 g/mol. The molecule has 2 N–H and O–H groups in total. The standard InChI is InChI=1S/C28H30N2O3/c1-33-24-14-12-21(13-15-24)20-28(19-17-26(32)30-28)18-16-25(31)29-27(22-8-4-2-5-9-22)23-10-6-3-7-11-23/h2-15,27H,16-20H2,1H3,(H,29,31)(H,30,32)/t28-/m1/s1. The molecular formula is C28H30N2O3. The van der Waals surface area contributed by atoms with E-state index in [0.717, 1.165) is 28.9 Å². The highest BCUT2D eigenvalue weighted by molar-refractivity contribution is 5.80. The van der Waals surface area contributed by atoms with E-state index >= 15 is 0 Å². The first-order valence-corrected chi connectivity index (χ1v) is 11.4. The normalized spacial score (nSPS) is 17.6. The Morgan fingerprint density at radius 2 is 1.58 bits per heavy atom. The molecule has 4 rings (SSSR count). The largest absolute Gasteiger partial charge is 0.497 e. The summed E-state index contributed by atoms with van der Waals surface area (Å²) in [6, 6.07) is 27.7. The summed E-state index contributed by atoms with van der Waals surface area (Å²) in [5.74, 6) is 0.828. The second-order valence-corrected chi connectivity index (χ2v) is 8.68. The Balaban J connectivity index is 1.45. The Hall–Kier alpha value is -3.60. The van der Waals surface area contributed by atoms with Crippen molar-refractivity contribution >= 4 is 11.8 Å². The third-order valence-electron chi connectivity index (χ3n) is 6.34. The third kappa shape index (κ3) is 5.80. The summed E-state index contributed by atoms with van der Waals surface area (Å²) >= 11 is 0. The van der Waals surface area contributed by atoms with Gasteiger partial charge in [-0.15, -0.1) is 0 Å². The Kier molecular flexibility index (Phi) is 7.08. The van der Waals surface area contributed by atoms with Crippen LogP contribution in [0, 0.1) is 0 Å². The number of amides is 2. The number of benzene rings is 3. The van der Waals surface area contributed by atoms with Crippen molar-refractivity contribution < 1.29 is 14.3 Å². The van der Waals surface area contributed by atoms with Gasteiger partial charge >= 0.3 is 0 Å². The highest BCUT2D eigenvalue weighted by Gasteiger charge is 2.38. The molecule has 1 saturated heterocycles. The summed E-state index contributed by atoms with van der Waals surface area (Å²) < 4.78 is 5.25. The zero-order valence-corrected chi connectivity index (χ0v) is 18.9. The lowest BCUT2D eigenvalue weighted by molar-refractivity contribution is -0.123. The fourth-order valence-corrected chi connectivity index (χ4v) is 4.55. The van der Waals surface area contributed by atoms with Crippen LogP contribution in [0.5, 0.6) is 5.75 Å². The van der Waals surface area contributed by atoms with Crippen molar-refractivity contribution in [2.24, 2.45) is 0 Å². The van der Waals surface area contributed by atoms with E-state index in [1.807, 2.05) is 84.9 Å². The molecule has 0 spiro atoms. The maximum Gasteiger partial charge on any atom is 0.220 e. The quantitative estimate of drug-likeness (QED) is 0.510. The summed E-state index contributed by atoms with van der Waals surface area (Å²) in [6.45, 7) is 0. The molecule has 0 aromatic heterocycles. The van der Waals surface area contributed by atoms with Gasteiger partial charge in [0.1, 0.15) is 5.75 Å². The predicted octanol–water partition coefficient (Wildman–Crippen LogP) is 4.57. The highest BCUT2D eigenvalue weighted by atomic mass is 16.5. The van der Waals surface area contributed by atoms with Gasteiger partial charge in [0.05, 0.1) is 13.2 Å². The summed E-state index contributed by atoms with van der Waals surface area (Å²) in [7, 11) is 1.64. The summed E-state index contributed by atoms with van der Waals surface area (Å²) in [6.07, 6.45) is 2.84. The first kappa shape index (κ1) is 22.6. The summed E-state index contributed by atoms with van der Waals surface area (Å²) in [4.78, 5) is 25.2. The molecule has 1 atom stereocenters. The number of carbonyl (C=O) groups is 2. The van der Waals surface area contributed by atoms with Crippen LogP contribution in [-0.2, 0) is 16.0 Å². The van der Waals surface area contributed by atoms with E-state index in [1.54, 1.807) is 7.11 Å². The van der Waals surface area contributed by atoms with Crippen molar-refractivity contribution in [3.63, 3.8) is 0 Å². The minimum absolute atomic E-state index is 0.0250. The number of carbonyl (C=O) groups excluding carboxylic acids is 2. The minimum atomic E-state index is -0.405. The Morgan fingerprint density at radius 1 is 0.970 bits per heavy atom. The van der Waals surface area contributed by atoms with Crippen LogP contribution in [0.15, 0.2) is 84.9 Å². The van der Waals surface area contributed by atoms with E-state index in [0.29, 0.717) is 25.7 Å². The van der Waals surface area contributed by atoms with Crippen LogP contribution in [0.25, 0.3) is 0 Å². The molecule has 33 heavy (non-hydrogen) atoms. The Bertz CT molecular complexity index is 1030. The highest BCUT2D eigenvalue weighted by Crippen LogP contribution is 2.30. The van der Waals surface area contributed by atoms with Gasteiger partial charge in [-0.25, -0.2) is 0 Å². The van der Waals surface area contributed by atoms with Crippen molar-refractivity contribution in [2.75, 3.05) is 7.11 Å². The van der Waals surface area contributed by atoms with Gasteiger partial charge in [0.15, 0.2) is 0 Å². The zero-order chi connectivity index (χ0) is 23.1. The fraction of sp³-hybridized carbons (Fsp3) is 0.286. The molecule has 1 heterocycles. The van der Waals surface area contributed by atoms with E-state index in [9.17, 15) is 9.59 Å². The van der Waals surface area contributed by atoms with Crippen molar-refractivity contribution in [3.05, 3.63) is 102 Å². The number of hydrogen-bond acceptors (Lipinski definition) is 3. The average molecular weight is 443 g/mol. The lowest BCUT2D eigenvalue weighted by Crippen LogP contribution is -2.44. The first-order valence-electron chi connectivity index (χ1n) is 11.4. The number of hydrogen-bond donors (Lipinski definition) is 2. The third-order valence-corrected chi connectivity index (χ3v) is 6.34. The molecule has 170 valence electrons. The topological polar surface area (TPSA) is 67.4 Å². The molecule has 1 aliphatic rings. The van der Waals surface area contributed by atoms with Crippen molar-refractivity contribution in [1.29, 1.82) is 0 Å². The van der Waals surface area contributed by atoms with Gasteiger partial charge < -0.3 is 15.4 Å². The molecule has 3 aromatic rings. The van der Waals surface area contributed by atoms with Crippen LogP contribution < -0.4 is 15.4 Å². The van der Waals surface area contributed by atoms with E-state index in [-0.39, 0.29) is 17.9 Å². The van der Waals surface area contributed by atoms with E-state index in [4.69, 9.17) is 4.74 Å². The minimum Gasteiger partial charge on any atom is -0.497 e. The molecule has 0 radical (unpaired) electrons. The number of rotatable bonds is 9. The molecule has 5 nitrogen and oxygen atoms in total. The van der Waals surface area contributed by atoms with Crippen molar-refractivity contribution in [3.8, 4) is 5.75 Å².